The molecule has 1 fully saturated rings. The van der Waals surface area contributed by atoms with E-state index in [1.807, 2.05) is 4.57 Å². The van der Waals surface area contributed by atoms with Gasteiger partial charge in [0.1, 0.15) is 11.6 Å². The molecule has 2 aliphatic heterocycles. The smallest absolute Gasteiger partial charge is 0.269 e. The molecule has 166 valence electrons. The van der Waals surface area contributed by atoms with Crippen LogP contribution in [0.25, 0.3) is 5.69 Å². The summed E-state index contributed by atoms with van der Waals surface area (Å²) < 4.78 is 30.4. The number of nitro groups is 1. The highest BCUT2D eigenvalue weighted by Crippen LogP contribution is 2.35. The molecule has 5 rings (SSSR count). The average Bonchev–Trinajstić information content (AvgIpc) is 3.23. The molecule has 11 heteroatoms. The molecule has 1 aromatic heterocycles. The summed E-state index contributed by atoms with van der Waals surface area (Å²) in [6.45, 7) is 0.802. The Morgan fingerprint density at radius 1 is 1.03 bits per heavy atom. The summed E-state index contributed by atoms with van der Waals surface area (Å²) in [6.07, 6.45) is 2.61. The number of halogens is 1. The standard InChI is InChI=1S/C21H20BrN5O4S/c22-16-2-5-18(6-3-16)32(30,31)25-11-9-14(10-12-25)21-24-23-20-8-1-15-13-17(27(28)29)4-7-19(15)26(20)21/h2-7,13-14H,1,8-12H2. The highest BCUT2D eigenvalue weighted by molar-refractivity contribution is 9.10. The van der Waals surface area contributed by atoms with Gasteiger partial charge in [0, 0.05) is 42.0 Å². The normalized spacial score (nSPS) is 17.0. The Kier molecular flexibility index (Phi) is 5.34. The predicted molar refractivity (Wildman–Crippen MR) is 120 cm³/mol. The van der Waals surface area contributed by atoms with Gasteiger partial charge in [0.15, 0.2) is 0 Å². The fourth-order valence-electron chi connectivity index (χ4n) is 4.48. The molecule has 1 saturated heterocycles. The summed E-state index contributed by atoms with van der Waals surface area (Å²) in [5.41, 5.74) is 1.86. The van der Waals surface area contributed by atoms with E-state index in [-0.39, 0.29) is 21.4 Å². The summed E-state index contributed by atoms with van der Waals surface area (Å²) in [5.74, 6) is 1.70. The Hall–Kier alpha value is -2.63. The number of hydrogen-bond donors (Lipinski definition) is 0. The number of non-ortho nitro benzene ring substituents is 1. The zero-order chi connectivity index (χ0) is 22.5. The van der Waals surface area contributed by atoms with Gasteiger partial charge in [-0.3, -0.25) is 14.7 Å². The Morgan fingerprint density at radius 3 is 2.44 bits per heavy atom. The van der Waals surface area contributed by atoms with Gasteiger partial charge in [-0.15, -0.1) is 10.2 Å². The number of aryl methyl sites for hydroxylation is 2. The van der Waals surface area contributed by atoms with Crippen LogP contribution in [0.2, 0.25) is 0 Å². The van der Waals surface area contributed by atoms with Crippen LogP contribution in [0, 0.1) is 10.1 Å². The number of sulfonamides is 1. The quantitative estimate of drug-likeness (QED) is 0.386. The molecule has 0 aliphatic carbocycles. The number of rotatable bonds is 4. The number of nitro benzene ring substituents is 1. The maximum Gasteiger partial charge on any atom is 0.269 e. The minimum Gasteiger partial charge on any atom is -0.282 e. The van der Waals surface area contributed by atoms with Crippen LogP contribution in [-0.4, -0.2) is 45.5 Å². The van der Waals surface area contributed by atoms with Crippen molar-refractivity contribution < 1.29 is 13.3 Å². The zero-order valence-electron chi connectivity index (χ0n) is 17.0. The lowest BCUT2D eigenvalue weighted by atomic mass is 9.95. The third-order valence-electron chi connectivity index (χ3n) is 6.16. The van der Waals surface area contributed by atoms with E-state index < -0.39 is 10.0 Å². The van der Waals surface area contributed by atoms with Crippen LogP contribution in [0.3, 0.4) is 0 Å². The zero-order valence-corrected chi connectivity index (χ0v) is 19.4. The third-order valence-corrected chi connectivity index (χ3v) is 8.60. The predicted octanol–water partition coefficient (Wildman–Crippen LogP) is 3.60. The van der Waals surface area contributed by atoms with Crippen molar-refractivity contribution in [3.8, 4) is 5.69 Å². The fraction of sp³-hybridized carbons (Fsp3) is 0.333. The number of benzene rings is 2. The van der Waals surface area contributed by atoms with E-state index in [9.17, 15) is 18.5 Å². The van der Waals surface area contributed by atoms with E-state index >= 15 is 0 Å². The minimum atomic E-state index is -3.54. The van der Waals surface area contributed by atoms with Crippen molar-refractivity contribution in [2.45, 2.75) is 36.5 Å². The Labute approximate surface area is 193 Å². The molecular weight excluding hydrogens is 498 g/mol. The maximum atomic E-state index is 13.0. The fourth-order valence-corrected chi connectivity index (χ4v) is 6.21. The first-order chi connectivity index (χ1) is 15.3. The first kappa shape index (κ1) is 21.2. The largest absolute Gasteiger partial charge is 0.282 e. The van der Waals surface area contributed by atoms with Crippen molar-refractivity contribution in [3.05, 3.63) is 74.3 Å². The molecule has 0 radical (unpaired) electrons. The summed E-state index contributed by atoms with van der Waals surface area (Å²) in [7, 11) is -3.54. The maximum absolute atomic E-state index is 13.0. The Morgan fingerprint density at radius 2 is 1.75 bits per heavy atom. The van der Waals surface area contributed by atoms with Gasteiger partial charge in [-0.25, -0.2) is 8.42 Å². The Balaban J connectivity index is 1.38. The molecule has 2 aliphatic rings. The molecule has 0 spiro atoms. The van der Waals surface area contributed by atoms with Crippen LogP contribution in [0.5, 0.6) is 0 Å². The second-order valence-corrected chi connectivity index (χ2v) is 10.9. The topological polar surface area (TPSA) is 111 Å². The van der Waals surface area contributed by atoms with E-state index in [0.717, 1.165) is 27.4 Å². The highest BCUT2D eigenvalue weighted by Gasteiger charge is 2.33. The number of piperidine rings is 1. The van der Waals surface area contributed by atoms with E-state index in [1.54, 1.807) is 36.4 Å². The highest BCUT2D eigenvalue weighted by atomic mass is 79.9. The van der Waals surface area contributed by atoms with Gasteiger partial charge in [-0.05, 0) is 55.2 Å². The summed E-state index contributed by atoms with van der Waals surface area (Å²) in [4.78, 5) is 11.0. The molecule has 0 amide bonds. The molecule has 0 N–H and O–H groups in total. The van der Waals surface area contributed by atoms with Crippen LogP contribution in [0.4, 0.5) is 5.69 Å². The van der Waals surface area contributed by atoms with Gasteiger partial charge in [0.05, 0.1) is 15.5 Å². The molecule has 0 unspecified atom stereocenters. The van der Waals surface area contributed by atoms with Crippen LogP contribution in [-0.2, 0) is 22.9 Å². The van der Waals surface area contributed by atoms with Crippen molar-refractivity contribution >= 4 is 31.6 Å². The van der Waals surface area contributed by atoms with Crippen molar-refractivity contribution in [1.29, 1.82) is 0 Å². The molecule has 9 nitrogen and oxygen atoms in total. The lowest BCUT2D eigenvalue weighted by Gasteiger charge is -2.31. The monoisotopic (exact) mass is 517 g/mol. The minimum absolute atomic E-state index is 0.0637. The number of nitrogens with zero attached hydrogens (tertiary/aromatic N) is 5. The summed E-state index contributed by atoms with van der Waals surface area (Å²) in [5, 5.41) is 19.9. The van der Waals surface area contributed by atoms with E-state index in [4.69, 9.17) is 0 Å². The average molecular weight is 518 g/mol. The second-order valence-electron chi connectivity index (χ2n) is 8.01. The number of aromatic nitrogens is 3. The lowest BCUT2D eigenvalue weighted by molar-refractivity contribution is -0.384. The van der Waals surface area contributed by atoms with Crippen molar-refractivity contribution in [1.82, 2.24) is 19.1 Å². The van der Waals surface area contributed by atoms with E-state index in [0.29, 0.717) is 38.8 Å². The SMILES string of the molecule is O=[N+]([O-])c1ccc2c(c1)CCc1nnc(C3CCN(S(=O)(=O)c4ccc(Br)cc4)CC3)n1-2. The van der Waals surface area contributed by atoms with Crippen LogP contribution in [0.15, 0.2) is 51.8 Å². The van der Waals surface area contributed by atoms with E-state index in [1.165, 1.54) is 10.4 Å². The van der Waals surface area contributed by atoms with Gasteiger partial charge in [-0.2, -0.15) is 4.31 Å². The molecule has 0 bridgehead atoms. The third kappa shape index (κ3) is 3.63. The van der Waals surface area contributed by atoms with Crippen molar-refractivity contribution in [2.75, 3.05) is 13.1 Å². The van der Waals surface area contributed by atoms with Crippen molar-refractivity contribution in [3.63, 3.8) is 0 Å². The van der Waals surface area contributed by atoms with Gasteiger partial charge < -0.3 is 0 Å². The molecule has 0 atom stereocenters. The number of hydrogen-bond acceptors (Lipinski definition) is 6. The number of fused-ring (bicyclic) bond motifs is 3. The molecule has 0 saturated carbocycles. The summed E-state index contributed by atoms with van der Waals surface area (Å²) in [6, 6.07) is 11.6. The van der Waals surface area contributed by atoms with Gasteiger partial charge in [0.2, 0.25) is 10.0 Å². The van der Waals surface area contributed by atoms with Gasteiger partial charge >= 0.3 is 0 Å². The van der Waals surface area contributed by atoms with Crippen molar-refractivity contribution in [2.24, 2.45) is 0 Å². The van der Waals surface area contributed by atoms with Crippen LogP contribution in [0.1, 0.15) is 36.0 Å². The molecule has 3 aromatic rings. The Bertz CT molecular complexity index is 1300. The van der Waals surface area contributed by atoms with Gasteiger partial charge in [-0.1, -0.05) is 15.9 Å². The molecule has 3 heterocycles. The lowest BCUT2D eigenvalue weighted by Crippen LogP contribution is -2.38. The summed E-state index contributed by atoms with van der Waals surface area (Å²) >= 11 is 3.33. The molecular formula is C21H20BrN5O4S. The molecule has 32 heavy (non-hydrogen) atoms. The first-order valence-electron chi connectivity index (χ1n) is 10.3. The first-order valence-corrected chi connectivity index (χ1v) is 12.6. The second kappa shape index (κ2) is 8.05. The van der Waals surface area contributed by atoms with E-state index in [2.05, 4.69) is 26.1 Å². The molecule has 2 aromatic carbocycles. The van der Waals surface area contributed by atoms with Crippen LogP contribution >= 0.6 is 15.9 Å². The van der Waals surface area contributed by atoms with Crippen LogP contribution < -0.4 is 0 Å². The van der Waals surface area contributed by atoms with Gasteiger partial charge in [0.25, 0.3) is 5.69 Å².